The van der Waals surface area contributed by atoms with Gasteiger partial charge in [0.25, 0.3) is 0 Å². The third-order valence-corrected chi connectivity index (χ3v) is 6.95. The van der Waals surface area contributed by atoms with Gasteiger partial charge in [0.1, 0.15) is 5.60 Å². The highest BCUT2D eigenvalue weighted by Gasteiger charge is 2.40. The van der Waals surface area contributed by atoms with Crippen LogP contribution in [0.4, 0.5) is 26.7 Å². The van der Waals surface area contributed by atoms with Gasteiger partial charge >= 0.3 is 12.3 Å². The number of nitrogens with zero attached hydrogens (tertiary/aromatic N) is 3. The van der Waals surface area contributed by atoms with Crippen molar-refractivity contribution < 1.29 is 36.3 Å². The van der Waals surface area contributed by atoms with Crippen LogP contribution in [0.25, 0.3) is 5.78 Å². The van der Waals surface area contributed by atoms with Crippen LogP contribution in [0.15, 0.2) is 18.5 Å². The summed E-state index contributed by atoms with van der Waals surface area (Å²) in [5, 5.41) is 5.49. The zero-order valence-corrected chi connectivity index (χ0v) is 22.2. The van der Waals surface area contributed by atoms with Gasteiger partial charge in [0, 0.05) is 31.7 Å². The fourth-order valence-corrected chi connectivity index (χ4v) is 4.85. The summed E-state index contributed by atoms with van der Waals surface area (Å²) < 4.78 is 72.4. The highest BCUT2D eigenvalue weighted by Crippen LogP contribution is 2.42. The maximum absolute atomic E-state index is 13.9. The molecule has 0 spiro atoms. The lowest BCUT2D eigenvalue weighted by Gasteiger charge is -2.33. The summed E-state index contributed by atoms with van der Waals surface area (Å²) in [7, 11) is 0. The number of ether oxygens (including phenoxy) is 1. The van der Waals surface area contributed by atoms with E-state index in [1.165, 1.54) is 0 Å². The molecule has 0 bridgehead atoms. The number of hydrogen-bond donors (Lipinski definition) is 2. The molecule has 0 unspecified atom stereocenters. The Morgan fingerprint density at radius 1 is 1.03 bits per heavy atom. The minimum absolute atomic E-state index is 0.0645. The normalized spacial score (nSPS) is 19.9. The van der Waals surface area contributed by atoms with Crippen molar-refractivity contribution in [3.05, 3.63) is 29.8 Å². The highest BCUT2D eigenvalue weighted by molar-refractivity contribution is 5.76. The number of fused-ring (bicyclic) bond motifs is 1. The molecule has 13 heteroatoms. The van der Waals surface area contributed by atoms with Crippen molar-refractivity contribution in [2.45, 2.75) is 102 Å². The van der Waals surface area contributed by atoms with Crippen molar-refractivity contribution in [2.24, 2.45) is 11.8 Å². The molecular weight excluding hydrogens is 525 g/mol. The number of rotatable bonds is 8. The quantitative estimate of drug-likeness (QED) is 0.385. The van der Waals surface area contributed by atoms with Crippen molar-refractivity contribution in [1.29, 1.82) is 0 Å². The number of aromatic nitrogens is 3. The molecule has 0 aromatic carbocycles. The van der Waals surface area contributed by atoms with E-state index in [4.69, 9.17) is 4.74 Å². The van der Waals surface area contributed by atoms with Crippen molar-refractivity contribution in [1.82, 2.24) is 25.0 Å². The van der Waals surface area contributed by atoms with Gasteiger partial charge in [-0.3, -0.25) is 9.20 Å². The summed E-state index contributed by atoms with van der Waals surface area (Å²) in [6.07, 6.45) is -2.24. The fourth-order valence-electron chi connectivity index (χ4n) is 4.85. The average molecular weight is 560 g/mol. The molecule has 0 radical (unpaired) electrons. The van der Waals surface area contributed by atoms with E-state index in [-0.39, 0.29) is 43.3 Å². The van der Waals surface area contributed by atoms with Crippen LogP contribution in [0.1, 0.15) is 95.6 Å². The minimum atomic E-state index is -4.42. The van der Waals surface area contributed by atoms with Gasteiger partial charge in [0.2, 0.25) is 17.6 Å². The molecule has 4 rings (SSSR count). The Hall–Kier alpha value is -2.99. The van der Waals surface area contributed by atoms with Crippen molar-refractivity contribution in [3.63, 3.8) is 0 Å². The summed E-state index contributed by atoms with van der Waals surface area (Å²) in [4.78, 5) is 34.0. The van der Waals surface area contributed by atoms with Crippen LogP contribution in [0.5, 0.6) is 0 Å². The third-order valence-electron chi connectivity index (χ3n) is 6.95. The molecule has 2 heterocycles. The van der Waals surface area contributed by atoms with Crippen molar-refractivity contribution in [3.8, 4) is 0 Å². The van der Waals surface area contributed by atoms with E-state index in [9.17, 15) is 31.5 Å². The lowest BCUT2D eigenvalue weighted by Crippen LogP contribution is -2.40. The van der Waals surface area contributed by atoms with E-state index in [2.05, 4.69) is 20.6 Å². The van der Waals surface area contributed by atoms with E-state index in [0.29, 0.717) is 11.4 Å². The molecule has 0 saturated heterocycles. The molecule has 2 N–H and O–H groups in total. The second-order valence-electron chi connectivity index (χ2n) is 11.5. The van der Waals surface area contributed by atoms with Crippen LogP contribution in [0.3, 0.4) is 0 Å². The van der Waals surface area contributed by atoms with E-state index < -0.39 is 54.6 Å². The molecule has 2 aromatic heterocycles. The third kappa shape index (κ3) is 8.25. The Morgan fingerprint density at radius 2 is 1.62 bits per heavy atom. The summed E-state index contributed by atoms with van der Waals surface area (Å²) >= 11 is 0. The van der Waals surface area contributed by atoms with Crippen LogP contribution in [-0.2, 0) is 9.53 Å². The molecule has 0 aliphatic heterocycles. The Kier molecular flexibility index (Phi) is 8.09. The van der Waals surface area contributed by atoms with Crippen LogP contribution < -0.4 is 10.6 Å². The molecule has 2 aliphatic carbocycles. The van der Waals surface area contributed by atoms with Gasteiger partial charge in [-0.2, -0.15) is 13.2 Å². The van der Waals surface area contributed by atoms with Crippen molar-refractivity contribution >= 4 is 17.8 Å². The molecule has 2 atom stereocenters. The number of imidazole rings is 1. The Labute approximate surface area is 223 Å². The van der Waals surface area contributed by atoms with Crippen molar-refractivity contribution in [2.75, 3.05) is 0 Å². The predicted octanol–water partition coefficient (Wildman–Crippen LogP) is 6.03. The smallest absolute Gasteiger partial charge is 0.408 e. The summed E-state index contributed by atoms with van der Waals surface area (Å²) in [5.74, 6) is -3.42. The Morgan fingerprint density at radius 3 is 2.21 bits per heavy atom. The second-order valence-corrected chi connectivity index (χ2v) is 11.5. The summed E-state index contributed by atoms with van der Waals surface area (Å²) in [6.45, 7) is 5.16. The first-order chi connectivity index (χ1) is 18.1. The summed E-state index contributed by atoms with van der Waals surface area (Å²) in [5.41, 5.74) is 0.140. The van der Waals surface area contributed by atoms with E-state index >= 15 is 0 Å². The van der Waals surface area contributed by atoms with Crippen LogP contribution >= 0.6 is 0 Å². The van der Waals surface area contributed by atoms with Gasteiger partial charge in [0.15, 0.2) is 0 Å². The number of alkyl carbamates (subject to hydrolysis) is 1. The number of alkyl halides is 5. The van der Waals surface area contributed by atoms with E-state index in [1.807, 2.05) is 0 Å². The van der Waals surface area contributed by atoms with Gasteiger partial charge in [-0.25, -0.2) is 23.5 Å². The topological polar surface area (TPSA) is 97.6 Å². The molecule has 2 amide bonds. The zero-order valence-electron chi connectivity index (χ0n) is 22.2. The van der Waals surface area contributed by atoms with Gasteiger partial charge in [0.05, 0.1) is 29.9 Å². The van der Waals surface area contributed by atoms with Gasteiger partial charge in [-0.05, 0) is 64.4 Å². The first kappa shape index (κ1) is 29.0. The molecule has 2 saturated carbocycles. The summed E-state index contributed by atoms with van der Waals surface area (Å²) in [6, 6.07) is 0.428. The Bertz CT molecular complexity index is 1180. The highest BCUT2D eigenvalue weighted by atomic mass is 19.4. The Balaban J connectivity index is 1.56. The molecule has 2 aromatic rings. The van der Waals surface area contributed by atoms with Gasteiger partial charge < -0.3 is 15.4 Å². The number of halogens is 5. The monoisotopic (exact) mass is 559 g/mol. The predicted molar refractivity (Wildman–Crippen MR) is 131 cm³/mol. The fraction of sp³-hybridized carbons (Fsp3) is 0.692. The first-order valence-electron chi connectivity index (χ1n) is 13.2. The van der Waals surface area contributed by atoms with E-state index in [0.717, 1.165) is 12.8 Å². The number of carbonyl (C=O) groups excluding carboxylic acids is 2. The van der Waals surface area contributed by atoms with Crippen LogP contribution in [0, 0.1) is 11.8 Å². The number of carbonyl (C=O) groups is 2. The first-order valence-corrected chi connectivity index (χ1v) is 13.2. The maximum Gasteiger partial charge on any atom is 0.408 e. The average Bonchev–Trinajstić information content (AvgIpc) is 3.56. The van der Waals surface area contributed by atoms with Gasteiger partial charge in [-0.1, -0.05) is 0 Å². The minimum Gasteiger partial charge on any atom is -0.444 e. The molecule has 2 aliphatic rings. The lowest BCUT2D eigenvalue weighted by atomic mass is 9.81. The lowest BCUT2D eigenvalue weighted by molar-refractivity contribution is -0.144. The molecule has 39 heavy (non-hydrogen) atoms. The number of hydrogen-bond acceptors (Lipinski definition) is 5. The number of amides is 2. The van der Waals surface area contributed by atoms with Crippen LogP contribution in [-0.4, -0.2) is 44.1 Å². The SMILES string of the molecule is CC(C)(C)OC(=O)N[C@H](c1cn2ccc([C@H](NC(=O)CCC(F)(F)F)C3CC3)nc2n1)C1CCC(F)(F)CC1. The zero-order chi connectivity index (χ0) is 28.6. The van der Waals surface area contributed by atoms with Crippen LogP contribution in [0.2, 0.25) is 0 Å². The maximum atomic E-state index is 13.9. The molecular formula is C26H34F5N5O3. The molecule has 8 nitrogen and oxygen atoms in total. The van der Waals surface area contributed by atoms with Gasteiger partial charge in [-0.15, -0.1) is 0 Å². The van der Waals surface area contributed by atoms with E-state index in [1.54, 1.807) is 43.6 Å². The number of nitrogens with one attached hydrogen (secondary N) is 2. The largest absolute Gasteiger partial charge is 0.444 e. The molecule has 2 fully saturated rings. The standard InChI is InChI=1S/C26H34F5N5O3/c1-24(2,3)39-23(38)35-21(16-6-10-25(27,28)11-7-16)18-14-36-13-9-17(32-22(36)33-18)20(15-4-5-15)34-19(37)8-12-26(29,30)31/h9,13-16,20-21H,4-8,10-12H2,1-3H3,(H,34,37)(H,35,38)/t20-,21+/m1/s1. The second kappa shape index (κ2) is 10.9. The molecule has 216 valence electrons.